The third-order valence-electron chi connectivity index (χ3n) is 5.68. The van der Waals surface area contributed by atoms with Crippen molar-refractivity contribution in [2.75, 3.05) is 12.3 Å². The maximum atomic E-state index is 6.21. The summed E-state index contributed by atoms with van der Waals surface area (Å²) in [5, 5.41) is 4.76. The van der Waals surface area contributed by atoms with Gasteiger partial charge < -0.3 is 11.5 Å². The third kappa shape index (κ3) is 1.80. The highest BCUT2D eigenvalue weighted by Gasteiger charge is 2.49. The Labute approximate surface area is 114 Å². The van der Waals surface area contributed by atoms with Crippen molar-refractivity contribution in [3.8, 4) is 0 Å². The summed E-state index contributed by atoms with van der Waals surface area (Å²) in [5.41, 5.74) is 12.9. The van der Waals surface area contributed by atoms with E-state index < -0.39 is 0 Å². The number of hydrogen-bond acceptors (Lipinski definition) is 3. The lowest BCUT2D eigenvalue weighted by Crippen LogP contribution is -2.46. The van der Waals surface area contributed by atoms with E-state index in [1.165, 1.54) is 32.1 Å². The summed E-state index contributed by atoms with van der Waals surface area (Å²) in [7, 11) is 0. The molecule has 4 fully saturated rings. The Kier molecular flexibility index (Phi) is 2.62. The van der Waals surface area contributed by atoms with Crippen LogP contribution in [0.4, 0.5) is 5.82 Å². The summed E-state index contributed by atoms with van der Waals surface area (Å²) >= 11 is 0. The summed E-state index contributed by atoms with van der Waals surface area (Å²) in [6.45, 7) is 0.651. The molecule has 1 aromatic rings. The van der Waals surface area contributed by atoms with Crippen LogP contribution < -0.4 is 11.5 Å². The molecule has 1 aromatic heterocycles. The molecule has 4 nitrogen and oxygen atoms in total. The second-order valence-electron chi connectivity index (χ2n) is 6.97. The van der Waals surface area contributed by atoms with Crippen molar-refractivity contribution in [3.05, 3.63) is 11.8 Å². The Hall–Kier alpha value is -1.03. The Morgan fingerprint density at radius 1 is 1.11 bits per heavy atom. The molecule has 5 rings (SSSR count). The van der Waals surface area contributed by atoms with Crippen molar-refractivity contribution in [3.63, 3.8) is 0 Å². The molecule has 104 valence electrons. The standard InChI is InChI=1S/C15H24N4/c16-2-1-13-8-14(17)19(18-13)15-11-4-9-3-10(6-11)7-12(15)5-9/h8-12,15H,1-7,16-17H2. The van der Waals surface area contributed by atoms with Gasteiger partial charge in [-0.15, -0.1) is 0 Å². The molecule has 0 amide bonds. The van der Waals surface area contributed by atoms with E-state index in [1.54, 1.807) is 0 Å². The van der Waals surface area contributed by atoms with Crippen LogP contribution in [0.2, 0.25) is 0 Å². The molecule has 0 aliphatic heterocycles. The summed E-state index contributed by atoms with van der Waals surface area (Å²) in [5.74, 6) is 4.49. The number of nitrogens with zero attached hydrogens (tertiary/aromatic N) is 2. The smallest absolute Gasteiger partial charge is 0.122 e. The number of hydrogen-bond donors (Lipinski definition) is 2. The zero-order valence-electron chi connectivity index (χ0n) is 11.5. The molecule has 0 spiro atoms. The quantitative estimate of drug-likeness (QED) is 0.873. The summed E-state index contributed by atoms with van der Waals surface area (Å²) in [6.07, 6.45) is 7.95. The molecule has 4 aliphatic carbocycles. The first kappa shape index (κ1) is 11.8. The lowest BCUT2D eigenvalue weighted by molar-refractivity contribution is -0.0328. The van der Waals surface area contributed by atoms with Crippen molar-refractivity contribution < 1.29 is 0 Å². The van der Waals surface area contributed by atoms with Crippen LogP contribution in [0.5, 0.6) is 0 Å². The zero-order valence-corrected chi connectivity index (χ0v) is 11.5. The van der Waals surface area contributed by atoms with Gasteiger partial charge in [0.15, 0.2) is 0 Å². The molecular formula is C15H24N4. The largest absolute Gasteiger partial charge is 0.384 e. The van der Waals surface area contributed by atoms with E-state index in [-0.39, 0.29) is 0 Å². The lowest BCUT2D eigenvalue weighted by atomic mass is 9.54. The molecule has 4 heteroatoms. The van der Waals surface area contributed by atoms with Crippen LogP contribution in [-0.2, 0) is 6.42 Å². The molecule has 4 saturated carbocycles. The van der Waals surface area contributed by atoms with Crippen LogP contribution in [0, 0.1) is 23.7 Å². The Balaban J connectivity index is 1.65. The molecular weight excluding hydrogens is 236 g/mol. The Bertz CT molecular complexity index is 450. The fourth-order valence-corrected chi connectivity index (χ4v) is 5.27. The minimum absolute atomic E-state index is 0.569. The second-order valence-corrected chi connectivity index (χ2v) is 6.97. The van der Waals surface area contributed by atoms with E-state index in [0.717, 1.165) is 41.6 Å². The number of nitrogen functional groups attached to an aromatic ring is 1. The first-order valence-corrected chi connectivity index (χ1v) is 7.78. The van der Waals surface area contributed by atoms with E-state index in [0.29, 0.717) is 12.6 Å². The molecule has 0 saturated heterocycles. The van der Waals surface area contributed by atoms with Gasteiger partial charge in [0.05, 0.1) is 11.7 Å². The van der Waals surface area contributed by atoms with E-state index in [2.05, 4.69) is 4.68 Å². The highest BCUT2D eigenvalue weighted by Crippen LogP contribution is 2.58. The molecule has 0 aromatic carbocycles. The average Bonchev–Trinajstić information content (AvgIpc) is 2.69. The normalized spacial score (nSPS) is 39.9. The minimum atomic E-state index is 0.569. The van der Waals surface area contributed by atoms with Crippen LogP contribution in [0.1, 0.15) is 43.8 Å². The fraction of sp³-hybridized carbons (Fsp3) is 0.800. The lowest BCUT2D eigenvalue weighted by Gasteiger charge is -2.54. The summed E-state index contributed by atoms with van der Waals surface area (Å²) in [6, 6.07) is 2.59. The van der Waals surface area contributed by atoms with Crippen LogP contribution in [0.25, 0.3) is 0 Å². The summed E-state index contributed by atoms with van der Waals surface area (Å²) < 4.78 is 2.15. The van der Waals surface area contributed by atoms with Gasteiger partial charge in [-0.2, -0.15) is 5.10 Å². The van der Waals surface area contributed by atoms with Crippen molar-refractivity contribution in [2.24, 2.45) is 29.4 Å². The van der Waals surface area contributed by atoms with Gasteiger partial charge in [-0.3, -0.25) is 0 Å². The van der Waals surface area contributed by atoms with Gasteiger partial charge in [0.1, 0.15) is 5.82 Å². The van der Waals surface area contributed by atoms with Gasteiger partial charge in [-0.05, 0) is 62.3 Å². The van der Waals surface area contributed by atoms with Crippen molar-refractivity contribution in [1.29, 1.82) is 0 Å². The molecule has 4 N–H and O–H groups in total. The Morgan fingerprint density at radius 2 is 1.74 bits per heavy atom. The van der Waals surface area contributed by atoms with Gasteiger partial charge in [0.2, 0.25) is 0 Å². The third-order valence-corrected chi connectivity index (χ3v) is 5.68. The summed E-state index contributed by atoms with van der Waals surface area (Å²) in [4.78, 5) is 0. The molecule has 0 radical (unpaired) electrons. The Morgan fingerprint density at radius 3 is 2.32 bits per heavy atom. The minimum Gasteiger partial charge on any atom is -0.384 e. The van der Waals surface area contributed by atoms with Crippen molar-refractivity contribution in [2.45, 2.75) is 44.6 Å². The van der Waals surface area contributed by atoms with Crippen LogP contribution in [0.15, 0.2) is 6.07 Å². The number of nitrogens with two attached hydrogens (primary N) is 2. The molecule has 1 heterocycles. The molecule has 19 heavy (non-hydrogen) atoms. The van der Waals surface area contributed by atoms with Gasteiger partial charge in [-0.1, -0.05) is 0 Å². The first-order valence-electron chi connectivity index (χ1n) is 7.78. The highest BCUT2D eigenvalue weighted by atomic mass is 15.3. The van der Waals surface area contributed by atoms with E-state index in [4.69, 9.17) is 16.6 Å². The maximum Gasteiger partial charge on any atom is 0.122 e. The first-order chi connectivity index (χ1) is 9.24. The monoisotopic (exact) mass is 260 g/mol. The maximum absolute atomic E-state index is 6.21. The zero-order chi connectivity index (χ0) is 13.0. The van der Waals surface area contributed by atoms with E-state index >= 15 is 0 Å². The number of rotatable bonds is 3. The van der Waals surface area contributed by atoms with Crippen molar-refractivity contribution in [1.82, 2.24) is 9.78 Å². The van der Waals surface area contributed by atoms with Gasteiger partial charge in [-0.25, -0.2) is 4.68 Å². The van der Waals surface area contributed by atoms with Crippen LogP contribution in [-0.4, -0.2) is 16.3 Å². The van der Waals surface area contributed by atoms with E-state index in [1.807, 2.05) is 6.07 Å². The second kappa shape index (κ2) is 4.23. The van der Waals surface area contributed by atoms with Gasteiger partial charge in [0.25, 0.3) is 0 Å². The molecule has 4 bridgehead atoms. The molecule has 0 unspecified atom stereocenters. The predicted octanol–water partition coefficient (Wildman–Crippen LogP) is 1.96. The van der Waals surface area contributed by atoms with Gasteiger partial charge >= 0.3 is 0 Å². The number of aromatic nitrogens is 2. The fourth-order valence-electron chi connectivity index (χ4n) is 5.27. The van der Waals surface area contributed by atoms with Gasteiger partial charge in [0, 0.05) is 12.5 Å². The van der Waals surface area contributed by atoms with E-state index in [9.17, 15) is 0 Å². The average molecular weight is 260 g/mol. The SMILES string of the molecule is NCCc1cc(N)n(C2C3CC4CC(C3)CC2C4)n1. The molecule has 4 aliphatic rings. The van der Waals surface area contributed by atoms with Crippen LogP contribution >= 0.6 is 0 Å². The van der Waals surface area contributed by atoms with Crippen LogP contribution in [0.3, 0.4) is 0 Å². The molecule has 0 atom stereocenters. The predicted molar refractivity (Wildman–Crippen MR) is 75.5 cm³/mol. The van der Waals surface area contributed by atoms with Crippen molar-refractivity contribution >= 4 is 5.82 Å². The number of anilines is 1. The topological polar surface area (TPSA) is 69.9 Å². The highest BCUT2D eigenvalue weighted by molar-refractivity contribution is 5.32.